The standard InChI is InChI=1S/C23H37N3O3/c1-3-24-23(25-16-22(27)19-9-7-18(2)8-10-19)26-13-11-20(12-14-26)29-17-21-6-4-5-15-28-21/h7-10,20-22,27H,3-6,11-17H2,1-2H3,(H,24,25). The number of hydrogen-bond acceptors (Lipinski definition) is 4. The smallest absolute Gasteiger partial charge is 0.194 e. The van der Waals surface area contributed by atoms with Crippen LogP contribution in [0.5, 0.6) is 0 Å². The summed E-state index contributed by atoms with van der Waals surface area (Å²) in [5.41, 5.74) is 2.10. The van der Waals surface area contributed by atoms with Crippen LogP contribution in [0.4, 0.5) is 0 Å². The Morgan fingerprint density at radius 3 is 2.66 bits per heavy atom. The number of hydrogen-bond donors (Lipinski definition) is 2. The normalized spacial score (nSPS) is 22.5. The van der Waals surface area contributed by atoms with E-state index in [4.69, 9.17) is 14.5 Å². The lowest BCUT2D eigenvalue weighted by Crippen LogP contribution is -2.47. The molecule has 1 aromatic carbocycles. The van der Waals surface area contributed by atoms with Crippen molar-refractivity contribution < 1.29 is 14.6 Å². The first kappa shape index (κ1) is 22.1. The monoisotopic (exact) mass is 403 g/mol. The average Bonchev–Trinajstić information content (AvgIpc) is 2.76. The molecule has 2 fully saturated rings. The number of aryl methyl sites for hydroxylation is 1. The Balaban J connectivity index is 1.46. The van der Waals surface area contributed by atoms with Gasteiger partial charge in [0.05, 0.1) is 31.5 Å². The molecule has 2 heterocycles. The predicted molar refractivity (Wildman–Crippen MR) is 116 cm³/mol. The third-order valence-electron chi connectivity index (χ3n) is 5.74. The van der Waals surface area contributed by atoms with Crippen molar-refractivity contribution >= 4 is 5.96 Å². The molecule has 6 heteroatoms. The summed E-state index contributed by atoms with van der Waals surface area (Å²) in [6, 6.07) is 8.00. The molecule has 0 aliphatic carbocycles. The van der Waals surface area contributed by atoms with Gasteiger partial charge in [-0.3, -0.25) is 4.99 Å². The molecule has 2 aliphatic rings. The van der Waals surface area contributed by atoms with Gasteiger partial charge in [0.15, 0.2) is 5.96 Å². The number of guanidine groups is 1. The molecule has 2 unspecified atom stereocenters. The molecule has 162 valence electrons. The maximum atomic E-state index is 10.5. The molecule has 2 saturated heterocycles. The van der Waals surface area contributed by atoms with Crippen LogP contribution in [0.3, 0.4) is 0 Å². The number of rotatable bonds is 7. The molecule has 0 saturated carbocycles. The lowest BCUT2D eigenvalue weighted by atomic mass is 10.1. The summed E-state index contributed by atoms with van der Waals surface area (Å²) in [6.45, 7) is 8.74. The van der Waals surface area contributed by atoms with Crippen LogP contribution in [0.1, 0.15) is 56.3 Å². The third kappa shape index (κ3) is 6.98. The van der Waals surface area contributed by atoms with E-state index in [1.54, 1.807) is 0 Å². The minimum absolute atomic E-state index is 0.281. The van der Waals surface area contributed by atoms with Crippen molar-refractivity contribution in [3.63, 3.8) is 0 Å². The summed E-state index contributed by atoms with van der Waals surface area (Å²) < 4.78 is 11.9. The molecule has 0 amide bonds. The van der Waals surface area contributed by atoms with Crippen LogP contribution < -0.4 is 5.32 Å². The SMILES string of the molecule is CCNC(=NCC(O)c1ccc(C)cc1)N1CCC(OCC2CCCCO2)CC1. The summed E-state index contributed by atoms with van der Waals surface area (Å²) in [5, 5.41) is 13.8. The fourth-order valence-electron chi connectivity index (χ4n) is 3.91. The lowest BCUT2D eigenvalue weighted by molar-refractivity contribution is -0.0721. The minimum atomic E-state index is -0.583. The molecule has 29 heavy (non-hydrogen) atoms. The quantitative estimate of drug-likeness (QED) is 0.541. The highest BCUT2D eigenvalue weighted by atomic mass is 16.5. The Kier molecular flexibility index (Phi) is 8.77. The van der Waals surface area contributed by atoms with Crippen molar-refractivity contribution in [2.75, 3.05) is 39.4 Å². The minimum Gasteiger partial charge on any atom is -0.386 e. The Labute approximate surface area is 175 Å². The first-order valence-electron chi connectivity index (χ1n) is 11.2. The first-order valence-corrected chi connectivity index (χ1v) is 11.2. The van der Waals surface area contributed by atoms with Crippen molar-refractivity contribution in [1.82, 2.24) is 10.2 Å². The van der Waals surface area contributed by atoms with Gasteiger partial charge >= 0.3 is 0 Å². The van der Waals surface area contributed by atoms with Gasteiger partial charge in [-0.05, 0) is 51.5 Å². The van der Waals surface area contributed by atoms with Crippen LogP contribution in [-0.2, 0) is 9.47 Å². The molecular weight excluding hydrogens is 366 g/mol. The Morgan fingerprint density at radius 1 is 1.24 bits per heavy atom. The molecule has 1 aromatic rings. The van der Waals surface area contributed by atoms with Gasteiger partial charge in [-0.15, -0.1) is 0 Å². The lowest BCUT2D eigenvalue weighted by Gasteiger charge is -2.35. The largest absolute Gasteiger partial charge is 0.386 e. The maximum Gasteiger partial charge on any atom is 0.194 e. The van der Waals surface area contributed by atoms with E-state index in [0.717, 1.165) is 63.6 Å². The molecule has 0 spiro atoms. The highest BCUT2D eigenvalue weighted by molar-refractivity contribution is 5.80. The van der Waals surface area contributed by atoms with Crippen molar-refractivity contribution in [1.29, 1.82) is 0 Å². The Bertz CT molecular complexity index is 621. The van der Waals surface area contributed by atoms with Gasteiger partial charge in [0, 0.05) is 26.2 Å². The first-order chi connectivity index (χ1) is 14.2. The number of ether oxygens (including phenoxy) is 2. The highest BCUT2D eigenvalue weighted by Gasteiger charge is 2.24. The summed E-state index contributed by atoms with van der Waals surface area (Å²) in [6.07, 6.45) is 5.56. The van der Waals surface area contributed by atoms with Crippen LogP contribution in [-0.4, -0.2) is 67.6 Å². The number of likely N-dealkylation sites (tertiary alicyclic amines) is 1. The zero-order chi connectivity index (χ0) is 20.5. The molecule has 0 aromatic heterocycles. The number of piperidine rings is 1. The Hall–Kier alpha value is -1.63. The van der Waals surface area contributed by atoms with Crippen molar-refractivity contribution in [3.05, 3.63) is 35.4 Å². The average molecular weight is 404 g/mol. The summed E-state index contributed by atoms with van der Waals surface area (Å²) in [5.74, 6) is 0.882. The fraction of sp³-hybridized carbons (Fsp3) is 0.696. The molecule has 0 bridgehead atoms. The summed E-state index contributed by atoms with van der Waals surface area (Å²) >= 11 is 0. The third-order valence-corrected chi connectivity index (χ3v) is 5.74. The topological polar surface area (TPSA) is 66.3 Å². The van der Waals surface area contributed by atoms with E-state index >= 15 is 0 Å². The zero-order valence-corrected chi connectivity index (χ0v) is 18.0. The van der Waals surface area contributed by atoms with Crippen LogP contribution in [0.25, 0.3) is 0 Å². The number of nitrogens with one attached hydrogen (secondary N) is 1. The Morgan fingerprint density at radius 2 is 2.00 bits per heavy atom. The van der Waals surface area contributed by atoms with Crippen molar-refractivity contribution in [2.24, 2.45) is 4.99 Å². The summed E-state index contributed by atoms with van der Waals surface area (Å²) in [4.78, 5) is 6.98. The predicted octanol–water partition coefficient (Wildman–Crippen LogP) is 3.04. The van der Waals surface area contributed by atoms with Gasteiger partial charge < -0.3 is 24.8 Å². The van der Waals surface area contributed by atoms with E-state index < -0.39 is 6.10 Å². The maximum absolute atomic E-state index is 10.5. The zero-order valence-electron chi connectivity index (χ0n) is 18.0. The number of aliphatic imine (C=N–C) groups is 1. The molecule has 2 atom stereocenters. The second kappa shape index (κ2) is 11.5. The van der Waals surface area contributed by atoms with Crippen LogP contribution >= 0.6 is 0 Å². The van der Waals surface area contributed by atoms with Gasteiger partial charge in [-0.1, -0.05) is 29.8 Å². The number of nitrogens with zero attached hydrogens (tertiary/aromatic N) is 2. The van der Waals surface area contributed by atoms with E-state index in [1.807, 2.05) is 31.2 Å². The van der Waals surface area contributed by atoms with Crippen LogP contribution in [0.2, 0.25) is 0 Å². The second-order valence-corrected chi connectivity index (χ2v) is 8.13. The van der Waals surface area contributed by atoms with Crippen LogP contribution in [0.15, 0.2) is 29.3 Å². The van der Waals surface area contributed by atoms with E-state index in [0.29, 0.717) is 12.6 Å². The van der Waals surface area contributed by atoms with Gasteiger partial charge in [-0.2, -0.15) is 0 Å². The molecular formula is C23H37N3O3. The summed E-state index contributed by atoms with van der Waals surface area (Å²) in [7, 11) is 0. The van der Waals surface area contributed by atoms with Gasteiger partial charge in [0.25, 0.3) is 0 Å². The van der Waals surface area contributed by atoms with Crippen molar-refractivity contribution in [2.45, 2.75) is 64.3 Å². The van der Waals surface area contributed by atoms with Crippen LogP contribution in [0, 0.1) is 6.92 Å². The molecule has 2 N–H and O–H groups in total. The molecule has 0 radical (unpaired) electrons. The van der Waals surface area contributed by atoms with E-state index in [2.05, 4.69) is 17.1 Å². The van der Waals surface area contributed by atoms with Gasteiger partial charge in [0.1, 0.15) is 0 Å². The second-order valence-electron chi connectivity index (χ2n) is 8.13. The number of benzene rings is 1. The highest BCUT2D eigenvalue weighted by Crippen LogP contribution is 2.19. The number of aliphatic hydroxyl groups excluding tert-OH is 1. The molecule has 6 nitrogen and oxygen atoms in total. The number of aliphatic hydroxyl groups is 1. The molecule has 2 aliphatic heterocycles. The van der Waals surface area contributed by atoms with Gasteiger partial charge in [0.2, 0.25) is 0 Å². The van der Waals surface area contributed by atoms with Crippen molar-refractivity contribution in [3.8, 4) is 0 Å². The van der Waals surface area contributed by atoms with E-state index in [-0.39, 0.29) is 6.10 Å². The fourth-order valence-corrected chi connectivity index (χ4v) is 3.91. The van der Waals surface area contributed by atoms with E-state index in [9.17, 15) is 5.11 Å². The van der Waals surface area contributed by atoms with Gasteiger partial charge in [-0.25, -0.2) is 0 Å². The van der Waals surface area contributed by atoms with E-state index in [1.165, 1.54) is 18.4 Å². The molecule has 3 rings (SSSR count).